The Hall–Kier alpha value is -2.60. The summed E-state index contributed by atoms with van der Waals surface area (Å²) in [4.78, 5) is 11.2. The fourth-order valence-corrected chi connectivity index (χ4v) is 3.19. The third-order valence-corrected chi connectivity index (χ3v) is 4.95. The molecule has 3 rings (SSSR count). The van der Waals surface area contributed by atoms with Crippen LogP contribution < -0.4 is 10.1 Å². The smallest absolute Gasteiger partial charge is 0.236 e. The summed E-state index contributed by atoms with van der Waals surface area (Å²) >= 11 is 1.35. The van der Waals surface area contributed by atoms with Gasteiger partial charge in [-0.3, -0.25) is 4.79 Å². The highest BCUT2D eigenvalue weighted by Crippen LogP contribution is 2.26. The molecule has 0 radical (unpaired) electrons. The van der Waals surface area contributed by atoms with Crippen LogP contribution in [0.3, 0.4) is 0 Å². The average Bonchev–Trinajstić information content (AvgIpc) is 3.09. The average molecular weight is 382 g/mol. The molecule has 1 aliphatic heterocycles. The van der Waals surface area contributed by atoms with E-state index in [-0.39, 0.29) is 5.91 Å². The Kier molecular flexibility index (Phi) is 6.65. The fraction of sp³-hybridized carbons (Fsp3) is 0.286. The van der Waals surface area contributed by atoms with Gasteiger partial charge in [0.2, 0.25) is 5.91 Å². The zero-order chi connectivity index (χ0) is 19.1. The normalized spacial score (nSPS) is 15.5. The van der Waals surface area contributed by atoms with Crippen molar-refractivity contribution in [3.63, 3.8) is 0 Å². The largest absolute Gasteiger partial charge is 0.493 e. The van der Waals surface area contributed by atoms with E-state index in [0.29, 0.717) is 17.5 Å². The summed E-state index contributed by atoms with van der Waals surface area (Å²) in [7, 11) is 0. The van der Waals surface area contributed by atoms with Crippen LogP contribution in [0.15, 0.2) is 52.7 Å². The number of aryl methyl sites for hydroxylation is 1. The van der Waals surface area contributed by atoms with E-state index in [9.17, 15) is 4.79 Å². The van der Waals surface area contributed by atoms with Crippen LogP contribution in [0.1, 0.15) is 30.9 Å². The van der Waals surface area contributed by atoms with Crippen LogP contribution in [-0.2, 0) is 4.79 Å². The number of ether oxygens (including phenoxy) is 1. The summed E-state index contributed by atoms with van der Waals surface area (Å²) in [6, 6.07) is 14.5. The van der Waals surface area contributed by atoms with Gasteiger partial charge >= 0.3 is 0 Å². The lowest BCUT2D eigenvalue weighted by atomic mass is 10.0. The van der Waals surface area contributed by atoms with Gasteiger partial charge in [0.25, 0.3) is 0 Å². The molecule has 0 unspecified atom stereocenters. The maximum atomic E-state index is 11.2. The van der Waals surface area contributed by atoms with Crippen molar-refractivity contribution in [3.05, 3.63) is 53.6 Å². The van der Waals surface area contributed by atoms with Gasteiger partial charge in [-0.25, -0.2) is 0 Å². The number of amides is 1. The van der Waals surface area contributed by atoms with Crippen LogP contribution in [0.2, 0.25) is 0 Å². The first-order chi connectivity index (χ1) is 13.2. The molecule has 0 atom stereocenters. The highest BCUT2D eigenvalue weighted by Gasteiger charge is 2.16. The van der Waals surface area contributed by atoms with Crippen molar-refractivity contribution < 1.29 is 9.53 Å². The van der Waals surface area contributed by atoms with E-state index in [1.165, 1.54) is 17.3 Å². The topological polar surface area (TPSA) is 63.1 Å². The summed E-state index contributed by atoms with van der Waals surface area (Å²) in [5.74, 6) is 1.13. The van der Waals surface area contributed by atoms with Crippen molar-refractivity contribution in [2.75, 3.05) is 12.4 Å². The maximum absolute atomic E-state index is 11.2. The molecule has 2 aromatic rings. The van der Waals surface area contributed by atoms with Crippen LogP contribution in [0, 0.1) is 6.92 Å². The minimum absolute atomic E-state index is 0.0427. The number of thioether (sulfide) groups is 1. The molecule has 140 valence electrons. The Morgan fingerprint density at radius 1 is 1.19 bits per heavy atom. The molecule has 0 saturated carbocycles. The number of nitrogens with zero attached hydrogens (tertiary/aromatic N) is 2. The molecular weight excluding hydrogens is 358 g/mol. The van der Waals surface area contributed by atoms with Gasteiger partial charge in [0.15, 0.2) is 5.17 Å². The molecule has 1 aliphatic rings. The monoisotopic (exact) mass is 381 g/mol. The second-order valence-electron chi connectivity index (χ2n) is 6.31. The standard InChI is InChI=1S/C21H23N3O2S/c1-3-4-11-26-19-10-9-17(16-7-5-15(2)6-8-16)12-18(19)13-22-24-21-23-20(25)14-27-21/h5-10,12-13H,3-4,11,14H2,1-2H3,(H,23,24,25). The number of carbonyl (C=O) groups excluding carboxylic acids is 1. The Labute approximate surface area is 163 Å². The first-order valence-corrected chi connectivity index (χ1v) is 10.0. The van der Waals surface area contributed by atoms with Gasteiger partial charge in [-0.15, -0.1) is 5.10 Å². The van der Waals surface area contributed by atoms with E-state index in [4.69, 9.17) is 4.74 Å². The molecule has 6 heteroatoms. The number of nitrogens with one attached hydrogen (secondary N) is 1. The predicted molar refractivity (Wildman–Crippen MR) is 113 cm³/mol. The summed E-state index contributed by atoms with van der Waals surface area (Å²) < 4.78 is 5.91. The third-order valence-electron chi connectivity index (χ3n) is 4.08. The summed E-state index contributed by atoms with van der Waals surface area (Å²) in [6.07, 6.45) is 3.76. The molecule has 5 nitrogen and oxygen atoms in total. The minimum atomic E-state index is -0.0427. The number of hydrogen-bond acceptors (Lipinski definition) is 5. The van der Waals surface area contributed by atoms with E-state index in [1.807, 2.05) is 6.07 Å². The van der Waals surface area contributed by atoms with Gasteiger partial charge in [-0.2, -0.15) is 5.10 Å². The molecular formula is C21H23N3O2S. The molecule has 0 aromatic heterocycles. The number of rotatable bonds is 7. The molecule has 2 aromatic carbocycles. The van der Waals surface area contributed by atoms with E-state index in [2.05, 4.69) is 65.8 Å². The Morgan fingerprint density at radius 2 is 1.96 bits per heavy atom. The SMILES string of the molecule is CCCCOc1ccc(-c2ccc(C)cc2)cc1C=NN=C1NC(=O)CS1. The van der Waals surface area contributed by atoms with Crippen LogP contribution in [0.5, 0.6) is 5.75 Å². The molecule has 0 spiro atoms. The Bertz CT molecular complexity index is 860. The molecule has 1 fully saturated rings. The minimum Gasteiger partial charge on any atom is -0.493 e. The van der Waals surface area contributed by atoms with Crippen LogP contribution in [0.4, 0.5) is 0 Å². The van der Waals surface area contributed by atoms with Crippen LogP contribution >= 0.6 is 11.8 Å². The van der Waals surface area contributed by atoms with Gasteiger partial charge in [-0.05, 0) is 36.6 Å². The molecule has 1 N–H and O–H groups in total. The maximum Gasteiger partial charge on any atom is 0.236 e. The van der Waals surface area contributed by atoms with E-state index < -0.39 is 0 Å². The lowest BCUT2D eigenvalue weighted by Gasteiger charge is -2.11. The second-order valence-corrected chi connectivity index (χ2v) is 7.27. The van der Waals surface area contributed by atoms with Gasteiger partial charge < -0.3 is 10.1 Å². The summed E-state index contributed by atoms with van der Waals surface area (Å²) in [6.45, 7) is 4.88. The number of benzene rings is 2. The quantitative estimate of drug-likeness (QED) is 0.439. The molecule has 0 aliphatic carbocycles. The predicted octanol–water partition coefficient (Wildman–Crippen LogP) is 4.39. The molecule has 0 bridgehead atoms. The Balaban J connectivity index is 1.85. The summed E-state index contributed by atoms with van der Waals surface area (Å²) in [5, 5.41) is 11.4. The van der Waals surface area contributed by atoms with Crippen molar-refractivity contribution in [1.82, 2.24) is 5.32 Å². The van der Waals surface area contributed by atoms with Crippen LogP contribution in [0.25, 0.3) is 11.1 Å². The van der Waals surface area contributed by atoms with E-state index >= 15 is 0 Å². The third kappa shape index (κ3) is 5.44. The van der Waals surface area contributed by atoms with Crippen molar-refractivity contribution in [2.45, 2.75) is 26.7 Å². The van der Waals surface area contributed by atoms with Crippen LogP contribution in [-0.4, -0.2) is 29.6 Å². The van der Waals surface area contributed by atoms with Gasteiger partial charge in [-0.1, -0.05) is 61.0 Å². The number of amidine groups is 1. The second kappa shape index (κ2) is 9.37. The first kappa shape index (κ1) is 19.2. The summed E-state index contributed by atoms with van der Waals surface area (Å²) in [5.41, 5.74) is 4.32. The number of carbonyl (C=O) groups is 1. The fourth-order valence-electron chi connectivity index (χ4n) is 2.56. The lowest BCUT2D eigenvalue weighted by Crippen LogP contribution is -2.19. The van der Waals surface area contributed by atoms with Gasteiger partial charge in [0.1, 0.15) is 5.75 Å². The number of unbranched alkanes of at least 4 members (excludes halogenated alkanes) is 1. The van der Waals surface area contributed by atoms with E-state index in [1.54, 1.807) is 6.21 Å². The van der Waals surface area contributed by atoms with Crippen molar-refractivity contribution >= 4 is 29.1 Å². The highest BCUT2D eigenvalue weighted by atomic mass is 32.2. The van der Waals surface area contributed by atoms with Crippen molar-refractivity contribution in [1.29, 1.82) is 0 Å². The van der Waals surface area contributed by atoms with E-state index in [0.717, 1.165) is 35.3 Å². The van der Waals surface area contributed by atoms with Gasteiger partial charge in [0, 0.05) is 5.56 Å². The number of hydrogen-bond donors (Lipinski definition) is 1. The molecule has 27 heavy (non-hydrogen) atoms. The zero-order valence-electron chi connectivity index (χ0n) is 15.6. The van der Waals surface area contributed by atoms with Crippen molar-refractivity contribution in [2.24, 2.45) is 10.2 Å². The first-order valence-electron chi connectivity index (χ1n) is 9.03. The molecule has 1 saturated heterocycles. The van der Waals surface area contributed by atoms with Gasteiger partial charge in [0.05, 0.1) is 18.6 Å². The Morgan fingerprint density at radius 3 is 2.67 bits per heavy atom. The molecule has 1 amide bonds. The van der Waals surface area contributed by atoms with Crippen molar-refractivity contribution in [3.8, 4) is 16.9 Å². The zero-order valence-corrected chi connectivity index (χ0v) is 16.4. The molecule has 1 heterocycles. The highest BCUT2D eigenvalue weighted by molar-refractivity contribution is 8.15. The lowest BCUT2D eigenvalue weighted by molar-refractivity contribution is -0.116.